The van der Waals surface area contributed by atoms with E-state index in [2.05, 4.69) is 19.7 Å². The molecule has 2 N–H and O–H groups in total. The number of alkyl halides is 2. The van der Waals surface area contributed by atoms with Gasteiger partial charge < -0.3 is 19.8 Å². The zero-order chi connectivity index (χ0) is 27.3. The number of ether oxygens (including phenoxy) is 1. The molecular weight excluding hydrogens is 510 g/mol. The molecule has 0 spiro atoms. The van der Waals surface area contributed by atoms with Crippen LogP contribution in [0, 0.1) is 0 Å². The molecule has 0 saturated heterocycles. The number of aromatic nitrogens is 5. The predicted octanol–water partition coefficient (Wildman–Crippen LogP) is 3.18. The fourth-order valence-corrected chi connectivity index (χ4v) is 6.38. The molecule has 3 aliphatic rings. The molecule has 10 nitrogen and oxygen atoms in total. The molecule has 0 unspecified atom stereocenters. The Balaban J connectivity index is 1.30. The van der Waals surface area contributed by atoms with Crippen LogP contribution < -0.4 is 4.74 Å². The zero-order valence-corrected chi connectivity index (χ0v) is 21.0. The largest absolute Gasteiger partial charge is 0.417 e. The molecule has 4 aromatic rings. The lowest BCUT2D eigenvalue weighted by Crippen LogP contribution is -2.53. The zero-order valence-electron chi connectivity index (χ0n) is 21.0. The van der Waals surface area contributed by atoms with Gasteiger partial charge >= 0.3 is 6.61 Å². The highest BCUT2D eigenvalue weighted by atomic mass is 19.3. The number of rotatable bonds is 4. The van der Waals surface area contributed by atoms with Crippen LogP contribution in [0.25, 0.3) is 16.6 Å². The van der Waals surface area contributed by atoms with E-state index in [-0.39, 0.29) is 42.4 Å². The van der Waals surface area contributed by atoms with Crippen LogP contribution in [-0.4, -0.2) is 64.8 Å². The van der Waals surface area contributed by atoms with Gasteiger partial charge in [-0.3, -0.25) is 4.79 Å². The molecule has 0 aromatic carbocycles. The van der Waals surface area contributed by atoms with Crippen molar-refractivity contribution in [3.05, 3.63) is 71.2 Å². The van der Waals surface area contributed by atoms with E-state index in [0.717, 1.165) is 27.9 Å². The lowest BCUT2D eigenvalue weighted by molar-refractivity contribution is -0.180. The summed E-state index contributed by atoms with van der Waals surface area (Å²) in [5, 5.41) is 25.5. The molecule has 2 bridgehead atoms. The molecule has 1 amide bonds. The normalized spacial score (nSPS) is 27.4. The van der Waals surface area contributed by atoms with Gasteiger partial charge in [-0.1, -0.05) is 0 Å². The molecule has 2 atom stereocenters. The second-order valence-corrected chi connectivity index (χ2v) is 10.9. The van der Waals surface area contributed by atoms with E-state index in [1.807, 2.05) is 18.3 Å². The minimum Gasteiger partial charge on any atom is -0.417 e. The van der Waals surface area contributed by atoms with Crippen LogP contribution in [0.1, 0.15) is 71.3 Å². The van der Waals surface area contributed by atoms with Gasteiger partial charge in [0.05, 0.1) is 34.1 Å². The standard InChI is InChI=1S/C27H24F2N6O4/c1-26(37)11-27(38,12-26)24-30-9-14(10-31-24)13-5-6-35-17(7-13)20-16-8-18(22(20)33-35)34(2)23(36)15-3-4-19(32-21(15)16)39-25(28)29/h3-7,9-10,16,18,25,37-38H,8,11-12H2,1-2H3/t16-,18+,26?,27?/m0/s1. The summed E-state index contributed by atoms with van der Waals surface area (Å²) in [6, 6.07) is 6.30. The Kier molecular flexibility index (Phi) is 4.93. The molecule has 7 rings (SSSR count). The van der Waals surface area contributed by atoms with E-state index in [0.29, 0.717) is 17.7 Å². The minimum absolute atomic E-state index is 0.173. The summed E-state index contributed by atoms with van der Waals surface area (Å²) in [5.74, 6) is -0.562. The molecule has 1 aliphatic heterocycles. The van der Waals surface area contributed by atoms with E-state index in [1.165, 1.54) is 12.1 Å². The van der Waals surface area contributed by atoms with Crippen molar-refractivity contribution in [3.63, 3.8) is 0 Å². The average Bonchev–Trinajstić information content (AvgIpc) is 3.40. The topological polar surface area (TPSA) is 126 Å². The van der Waals surface area contributed by atoms with Gasteiger partial charge in [-0.2, -0.15) is 13.9 Å². The summed E-state index contributed by atoms with van der Waals surface area (Å²) >= 11 is 0. The Labute approximate surface area is 220 Å². The molecular formula is C27H24F2N6O4. The van der Waals surface area contributed by atoms with Crippen molar-refractivity contribution < 1.29 is 28.5 Å². The first-order valence-electron chi connectivity index (χ1n) is 12.6. The van der Waals surface area contributed by atoms with Gasteiger partial charge in [0.15, 0.2) is 5.82 Å². The van der Waals surface area contributed by atoms with Gasteiger partial charge in [0.25, 0.3) is 5.91 Å². The maximum atomic E-state index is 13.2. The van der Waals surface area contributed by atoms with E-state index >= 15 is 0 Å². The Morgan fingerprint density at radius 3 is 2.54 bits per heavy atom. The molecule has 12 heteroatoms. The van der Waals surface area contributed by atoms with E-state index in [1.54, 1.807) is 35.8 Å². The van der Waals surface area contributed by atoms with Crippen LogP contribution in [0.15, 0.2) is 42.9 Å². The Bertz CT molecular complexity index is 1650. The highest BCUT2D eigenvalue weighted by Crippen LogP contribution is 2.51. The van der Waals surface area contributed by atoms with E-state index in [4.69, 9.17) is 5.10 Å². The van der Waals surface area contributed by atoms with Crippen molar-refractivity contribution in [3.8, 4) is 17.0 Å². The fourth-order valence-electron chi connectivity index (χ4n) is 6.38. The predicted molar refractivity (Wildman–Crippen MR) is 132 cm³/mol. The summed E-state index contributed by atoms with van der Waals surface area (Å²) in [4.78, 5) is 27.9. The van der Waals surface area contributed by atoms with Crippen LogP contribution in [-0.2, 0) is 5.60 Å². The molecule has 39 heavy (non-hydrogen) atoms. The Hall–Kier alpha value is -4.03. The monoisotopic (exact) mass is 534 g/mol. The van der Waals surface area contributed by atoms with Crippen molar-refractivity contribution in [2.75, 3.05) is 7.05 Å². The van der Waals surface area contributed by atoms with Crippen LogP contribution in [0.3, 0.4) is 0 Å². The molecule has 5 heterocycles. The van der Waals surface area contributed by atoms with Crippen LogP contribution in [0.5, 0.6) is 5.88 Å². The van der Waals surface area contributed by atoms with Crippen LogP contribution >= 0.6 is 0 Å². The lowest BCUT2D eigenvalue weighted by Gasteiger charge is -2.46. The summed E-state index contributed by atoms with van der Waals surface area (Å²) in [6.45, 7) is -1.36. The molecule has 4 aromatic heterocycles. The third-order valence-electron chi connectivity index (χ3n) is 8.03. The summed E-state index contributed by atoms with van der Waals surface area (Å²) in [6.07, 6.45) is 5.95. The van der Waals surface area contributed by atoms with Gasteiger partial charge in [0, 0.05) is 61.6 Å². The number of pyridine rings is 2. The third-order valence-corrected chi connectivity index (χ3v) is 8.03. The van der Waals surface area contributed by atoms with Gasteiger partial charge in [0.2, 0.25) is 5.88 Å². The van der Waals surface area contributed by atoms with Gasteiger partial charge in [0.1, 0.15) is 5.60 Å². The highest BCUT2D eigenvalue weighted by molar-refractivity contribution is 5.97. The molecule has 2 aliphatic carbocycles. The summed E-state index contributed by atoms with van der Waals surface area (Å²) in [7, 11) is 1.71. The maximum Gasteiger partial charge on any atom is 0.388 e. The fraction of sp³-hybridized carbons (Fsp3) is 0.370. The van der Waals surface area contributed by atoms with Gasteiger partial charge in [-0.25, -0.2) is 19.5 Å². The summed E-state index contributed by atoms with van der Waals surface area (Å²) in [5.41, 5.74) is 2.53. The smallest absolute Gasteiger partial charge is 0.388 e. The quantitative estimate of drug-likeness (QED) is 0.409. The van der Waals surface area contributed by atoms with Crippen molar-refractivity contribution in [2.24, 2.45) is 0 Å². The maximum absolute atomic E-state index is 13.2. The van der Waals surface area contributed by atoms with Crippen molar-refractivity contribution in [2.45, 2.75) is 56.0 Å². The first-order valence-corrected chi connectivity index (χ1v) is 12.6. The van der Waals surface area contributed by atoms with Crippen LogP contribution in [0.4, 0.5) is 8.78 Å². The van der Waals surface area contributed by atoms with Crippen molar-refractivity contribution in [1.82, 2.24) is 29.5 Å². The second kappa shape index (κ2) is 7.99. The molecule has 1 saturated carbocycles. The number of nitrogens with zero attached hydrogens (tertiary/aromatic N) is 6. The first-order chi connectivity index (χ1) is 18.5. The number of hydrogen-bond donors (Lipinski definition) is 2. The Morgan fingerprint density at radius 2 is 1.85 bits per heavy atom. The SMILES string of the molecule is CN1C(=O)c2ccc(OC(F)F)nc2[C@H]2C[C@@H]1c1nn3ccc(-c4cnc(C5(O)CC(C)(O)C5)nc4)cc3c12. The first kappa shape index (κ1) is 24.0. The van der Waals surface area contributed by atoms with E-state index < -0.39 is 17.8 Å². The summed E-state index contributed by atoms with van der Waals surface area (Å²) < 4.78 is 32.1. The van der Waals surface area contributed by atoms with E-state index in [9.17, 15) is 23.8 Å². The average molecular weight is 535 g/mol. The van der Waals surface area contributed by atoms with Crippen LogP contribution in [0.2, 0.25) is 0 Å². The minimum atomic E-state index is -3.03. The van der Waals surface area contributed by atoms with Crippen molar-refractivity contribution in [1.29, 1.82) is 0 Å². The Morgan fingerprint density at radius 1 is 1.10 bits per heavy atom. The number of carbonyl (C=O) groups is 1. The van der Waals surface area contributed by atoms with Gasteiger partial charge in [-0.15, -0.1) is 0 Å². The number of amides is 1. The highest BCUT2D eigenvalue weighted by Gasteiger charge is 2.53. The lowest BCUT2D eigenvalue weighted by atomic mass is 9.68. The third kappa shape index (κ3) is 3.62. The molecule has 0 radical (unpaired) electrons. The number of halogens is 2. The number of fused-ring (bicyclic) bond motifs is 9. The molecule has 200 valence electrons. The number of aliphatic hydroxyl groups is 2. The van der Waals surface area contributed by atoms with Crippen molar-refractivity contribution >= 4 is 11.4 Å². The number of hydrogen-bond acceptors (Lipinski definition) is 8. The number of carbonyl (C=O) groups excluding carboxylic acids is 1. The molecule has 1 fully saturated rings. The van der Waals surface area contributed by atoms with Gasteiger partial charge in [-0.05, 0) is 37.1 Å². The second-order valence-electron chi connectivity index (χ2n) is 10.9.